The van der Waals surface area contributed by atoms with Gasteiger partial charge in [0.1, 0.15) is 0 Å². The van der Waals surface area contributed by atoms with Crippen LogP contribution < -0.4 is 0 Å². The van der Waals surface area contributed by atoms with Crippen LogP contribution in [0.4, 0.5) is 0 Å². The van der Waals surface area contributed by atoms with E-state index in [4.69, 9.17) is 0 Å². The number of hydrogen-bond acceptors (Lipinski definition) is 4. The van der Waals surface area contributed by atoms with Gasteiger partial charge in [-0.3, -0.25) is 9.59 Å². The zero-order chi connectivity index (χ0) is 9.14. The van der Waals surface area contributed by atoms with Crippen molar-refractivity contribution in [3.05, 3.63) is 23.8 Å². The molecule has 0 fully saturated rings. The van der Waals surface area contributed by atoms with Crippen molar-refractivity contribution in [2.24, 2.45) is 0 Å². The minimum absolute atomic E-state index is 0.106. The van der Waals surface area contributed by atoms with Crippen LogP contribution in [0.5, 0.6) is 0 Å². The predicted molar refractivity (Wildman–Crippen MR) is 42.0 cm³/mol. The summed E-state index contributed by atoms with van der Waals surface area (Å²) in [4.78, 5) is 28.9. The van der Waals surface area contributed by atoms with Crippen molar-refractivity contribution in [1.82, 2.24) is 9.97 Å². The van der Waals surface area contributed by atoms with Crippen LogP contribution in [0.15, 0.2) is 12.4 Å². The number of Topliss-reactive ketones (excluding diaryl/α,β-unsaturated/α-hetero) is 2. The summed E-state index contributed by atoms with van der Waals surface area (Å²) in [5, 5.41) is 0. The molecule has 0 aliphatic heterocycles. The normalized spacial score (nSPS) is 9.50. The molecule has 4 nitrogen and oxygen atoms in total. The molecule has 0 amide bonds. The Morgan fingerprint density at radius 2 is 1.58 bits per heavy atom. The number of hydrogen-bond donors (Lipinski definition) is 0. The summed E-state index contributed by atoms with van der Waals surface area (Å²) in [6, 6.07) is 0. The highest BCUT2D eigenvalue weighted by atomic mass is 16.1. The Morgan fingerprint density at radius 1 is 1.08 bits per heavy atom. The minimum atomic E-state index is -0.204. The van der Waals surface area contributed by atoms with Gasteiger partial charge < -0.3 is 0 Å². The lowest BCUT2D eigenvalue weighted by atomic mass is 10.2. The quantitative estimate of drug-likeness (QED) is 0.609. The zero-order valence-corrected chi connectivity index (χ0v) is 6.87. The lowest BCUT2D eigenvalue weighted by molar-refractivity contribution is 0.0993. The maximum absolute atomic E-state index is 10.8. The molecular weight excluding hydrogens is 156 g/mol. The molecule has 12 heavy (non-hydrogen) atoms. The topological polar surface area (TPSA) is 59.9 Å². The second kappa shape index (κ2) is 3.21. The Bertz CT molecular complexity index is 283. The third-order valence-corrected chi connectivity index (χ3v) is 1.37. The van der Waals surface area contributed by atoms with Gasteiger partial charge in [0.05, 0.1) is 5.56 Å². The van der Waals surface area contributed by atoms with E-state index in [1.54, 1.807) is 0 Å². The summed E-state index contributed by atoms with van der Waals surface area (Å²) in [6.07, 6.45) is 2.71. The summed E-state index contributed by atoms with van der Waals surface area (Å²) in [5.74, 6) is -0.171. The maximum atomic E-state index is 10.8. The third-order valence-electron chi connectivity index (χ3n) is 1.37. The number of carbonyl (C=O) groups is 2. The fourth-order valence-corrected chi connectivity index (χ4v) is 0.692. The Kier molecular flexibility index (Phi) is 2.28. The molecule has 0 bridgehead atoms. The number of aromatic nitrogens is 2. The Balaban J connectivity index is 3.01. The lowest BCUT2D eigenvalue weighted by Crippen LogP contribution is -2.03. The Labute approximate surface area is 69.7 Å². The fraction of sp³-hybridized carbons (Fsp3) is 0.250. The molecule has 0 saturated carbocycles. The first kappa shape index (κ1) is 8.52. The molecule has 0 aliphatic carbocycles. The fourth-order valence-electron chi connectivity index (χ4n) is 0.692. The van der Waals surface area contributed by atoms with Gasteiger partial charge in [-0.15, -0.1) is 0 Å². The molecule has 0 aliphatic rings. The molecule has 62 valence electrons. The van der Waals surface area contributed by atoms with Crippen LogP contribution in [0, 0.1) is 0 Å². The van der Waals surface area contributed by atoms with Crippen LogP contribution in [0.25, 0.3) is 0 Å². The predicted octanol–water partition coefficient (Wildman–Crippen LogP) is 0.882. The van der Waals surface area contributed by atoms with Crippen molar-refractivity contribution in [3.8, 4) is 0 Å². The largest absolute Gasteiger partial charge is 0.294 e. The van der Waals surface area contributed by atoms with Gasteiger partial charge in [0.15, 0.2) is 17.4 Å². The summed E-state index contributed by atoms with van der Waals surface area (Å²) >= 11 is 0. The third kappa shape index (κ3) is 1.72. The molecule has 1 rings (SSSR count). The zero-order valence-electron chi connectivity index (χ0n) is 6.87. The molecule has 0 aromatic carbocycles. The SMILES string of the molecule is CC(=O)c1cnc(C(C)=O)nc1. The smallest absolute Gasteiger partial charge is 0.196 e. The van der Waals surface area contributed by atoms with Crippen LogP contribution >= 0.6 is 0 Å². The summed E-state index contributed by atoms with van der Waals surface area (Å²) in [5.41, 5.74) is 0.417. The van der Waals surface area contributed by atoms with Crippen LogP contribution in [-0.2, 0) is 0 Å². The van der Waals surface area contributed by atoms with Gasteiger partial charge in [0.2, 0.25) is 0 Å². The average molecular weight is 164 g/mol. The highest BCUT2D eigenvalue weighted by molar-refractivity contribution is 5.94. The second-order valence-corrected chi connectivity index (χ2v) is 2.41. The first-order valence-electron chi connectivity index (χ1n) is 3.45. The molecule has 0 saturated heterocycles. The van der Waals surface area contributed by atoms with Gasteiger partial charge in [0.25, 0.3) is 0 Å². The van der Waals surface area contributed by atoms with Crippen molar-refractivity contribution in [3.63, 3.8) is 0 Å². The second-order valence-electron chi connectivity index (χ2n) is 2.41. The number of carbonyl (C=O) groups excluding carboxylic acids is 2. The van der Waals surface area contributed by atoms with E-state index in [0.29, 0.717) is 5.56 Å². The number of nitrogens with zero attached hydrogens (tertiary/aromatic N) is 2. The first-order valence-corrected chi connectivity index (χ1v) is 3.45. The maximum Gasteiger partial charge on any atom is 0.196 e. The standard InChI is InChI=1S/C8H8N2O2/c1-5(11)7-3-9-8(6(2)12)10-4-7/h3-4H,1-2H3. The summed E-state index contributed by atoms with van der Waals surface area (Å²) in [6.45, 7) is 2.80. The highest BCUT2D eigenvalue weighted by Crippen LogP contribution is 1.97. The Morgan fingerprint density at radius 3 is 1.92 bits per heavy atom. The molecule has 4 heteroatoms. The Hall–Kier alpha value is -1.58. The van der Waals surface area contributed by atoms with E-state index in [1.165, 1.54) is 26.2 Å². The lowest BCUT2D eigenvalue weighted by Gasteiger charge is -1.94. The number of ketones is 2. The minimum Gasteiger partial charge on any atom is -0.294 e. The van der Waals surface area contributed by atoms with E-state index in [9.17, 15) is 9.59 Å². The van der Waals surface area contributed by atoms with Crippen LogP contribution in [0.2, 0.25) is 0 Å². The monoisotopic (exact) mass is 164 g/mol. The van der Waals surface area contributed by atoms with Crippen LogP contribution in [0.1, 0.15) is 34.8 Å². The van der Waals surface area contributed by atoms with E-state index in [0.717, 1.165) is 0 Å². The summed E-state index contributed by atoms with van der Waals surface area (Å²) < 4.78 is 0. The molecule has 0 spiro atoms. The molecule has 1 heterocycles. The van der Waals surface area contributed by atoms with Crippen molar-refractivity contribution >= 4 is 11.6 Å². The summed E-state index contributed by atoms with van der Waals surface area (Å²) in [7, 11) is 0. The first-order chi connectivity index (χ1) is 5.61. The molecule has 1 aromatic rings. The van der Waals surface area contributed by atoms with Gasteiger partial charge in [0, 0.05) is 19.3 Å². The molecular formula is C8H8N2O2. The van der Waals surface area contributed by atoms with E-state index in [-0.39, 0.29) is 17.4 Å². The van der Waals surface area contributed by atoms with E-state index < -0.39 is 0 Å². The van der Waals surface area contributed by atoms with Crippen LogP contribution in [-0.4, -0.2) is 21.5 Å². The van der Waals surface area contributed by atoms with Gasteiger partial charge in [-0.05, 0) is 6.92 Å². The van der Waals surface area contributed by atoms with Gasteiger partial charge >= 0.3 is 0 Å². The highest BCUT2D eigenvalue weighted by Gasteiger charge is 2.04. The van der Waals surface area contributed by atoms with E-state index in [1.807, 2.05) is 0 Å². The van der Waals surface area contributed by atoms with Crippen molar-refractivity contribution in [1.29, 1.82) is 0 Å². The molecule has 0 radical (unpaired) electrons. The molecule has 0 atom stereocenters. The molecule has 0 unspecified atom stereocenters. The van der Waals surface area contributed by atoms with Crippen molar-refractivity contribution in [2.45, 2.75) is 13.8 Å². The van der Waals surface area contributed by atoms with Gasteiger partial charge in [-0.1, -0.05) is 0 Å². The van der Waals surface area contributed by atoms with Crippen molar-refractivity contribution < 1.29 is 9.59 Å². The average Bonchev–Trinajstić information content (AvgIpc) is 2.04. The molecule has 0 N–H and O–H groups in total. The van der Waals surface area contributed by atoms with Gasteiger partial charge in [-0.25, -0.2) is 9.97 Å². The molecule has 1 aromatic heterocycles. The van der Waals surface area contributed by atoms with Gasteiger partial charge in [-0.2, -0.15) is 0 Å². The van der Waals surface area contributed by atoms with Crippen LogP contribution in [0.3, 0.4) is 0 Å². The van der Waals surface area contributed by atoms with E-state index >= 15 is 0 Å². The number of rotatable bonds is 2. The van der Waals surface area contributed by atoms with E-state index in [2.05, 4.69) is 9.97 Å². The van der Waals surface area contributed by atoms with Crippen molar-refractivity contribution in [2.75, 3.05) is 0 Å².